The second kappa shape index (κ2) is 12.2. The highest BCUT2D eigenvalue weighted by Gasteiger charge is 2.25. The summed E-state index contributed by atoms with van der Waals surface area (Å²) in [7, 11) is 0. The molecule has 186 valence electrons. The Morgan fingerprint density at radius 1 is 1.09 bits per heavy atom. The standard InChI is InChI=1S/C28H35N3O3S/c1-3-22-9-7-8-17-31(22)27(32)20-35-26-19-30(25-11-6-5-10-24(25)26)18-16-29-28(33)21-12-14-23(15-13-21)34-4-2/h5-6,10-15,19,22H,3-4,7-9,16-18,20H2,1-2H3,(H,29,33). The van der Waals surface area contributed by atoms with Crippen molar-refractivity contribution in [3.63, 3.8) is 0 Å². The summed E-state index contributed by atoms with van der Waals surface area (Å²) in [5.74, 6) is 1.36. The topological polar surface area (TPSA) is 63.6 Å². The Morgan fingerprint density at radius 3 is 2.66 bits per heavy atom. The van der Waals surface area contributed by atoms with Crippen molar-refractivity contribution in [1.29, 1.82) is 0 Å². The average Bonchev–Trinajstić information content (AvgIpc) is 3.25. The van der Waals surface area contributed by atoms with Crippen molar-refractivity contribution in [1.82, 2.24) is 14.8 Å². The minimum atomic E-state index is -0.100. The number of likely N-dealkylation sites (tertiary alicyclic amines) is 1. The molecule has 1 saturated heterocycles. The van der Waals surface area contributed by atoms with Gasteiger partial charge in [0.15, 0.2) is 0 Å². The SMILES string of the molecule is CCOc1ccc(C(=O)NCCn2cc(SCC(=O)N3CCCCC3CC)c3ccccc32)cc1. The van der Waals surface area contributed by atoms with Gasteiger partial charge in [-0.3, -0.25) is 9.59 Å². The van der Waals surface area contributed by atoms with E-state index < -0.39 is 0 Å². The predicted molar refractivity (Wildman–Crippen MR) is 142 cm³/mol. The molecule has 2 heterocycles. The zero-order valence-electron chi connectivity index (χ0n) is 20.7. The maximum absolute atomic E-state index is 13.0. The number of carbonyl (C=O) groups is 2. The lowest BCUT2D eigenvalue weighted by molar-refractivity contribution is -0.132. The third kappa shape index (κ3) is 6.20. The highest BCUT2D eigenvalue weighted by atomic mass is 32.2. The highest BCUT2D eigenvalue weighted by molar-refractivity contribution is 8.00. The number of piperidine rings is 1. The van der Waals surface area contributed by atoms with Crippen LogP contribution in [0.4, 0.5) is 0 Å². The van der Waals surface area contributed by atoms with E-state index in [-0.39, 0.29) is 11.8 Å². The summed E-state index contributed by atoms with van der Waals surface area (Å²) in [4.78, 5) is 28.7. The number of ether oxygens (including phenoxy) is 1. The molecule has 0 radical (unpaired) electrons. The van der Waals surface area contributed by atoms with Crippen molar-refractivity contribution in [2.45, 2.75) is 57.0 Å². The van der Waals surface area contributed by atoms with Crippen LogP contribution in [0.3, 0.4) is 0 Å². The Hall–Kier alpha value is -2.93. The van der Waals surface area contributed by atoms with E-state index in [2.05, 4.69) is 40.0 Å². The molecule has 3 aromatic rings. The molecule has 0 spiro atoms. The number of hydrogen-bond acceptors (Lipinski definition) is 4. The molecule has 35 heavy (non-hydrogen) atoms. The van der Waals surface area contributed by atoms with Crippen LogP contribution in [0.5, 0.6) is 5.75 Å². The van der Waals surface area contributed by atoms with Gasteiger partial charge >= 0.3 is 0 Å². The summed E-state index contributed by atoms with van der Waals surface area (Å²) in [6, 6.07) is 15.8. The monoisotopic (exact) mass is 493 g/mol. The van der Waals surface area contributed by atoms with Gasteiger partial charge in [0.05, 0.1) is 12.4 Å². The van der Waals surface area contributed by atoms with E-state index in [0.717, 1.165) is 47.4 Å². The minimum absolute atomic E-state index is 0.100. The molecule has 7 heteroatoms. The van der Waals surface area contributed by atoms with E-state index in [9.17, 15) is 9.59 Å². The first-order chi connectivity index (χ1) is 17.1. The molecule has 6 nitrogen and oxygen atoms in total. The van der Waals surface area contributed by atoms with E-state index >= 15 is 0 Å². The third-order valence-corrected chi connectivity index (χ3v) is 7.62. The lowest BCUT2D eigenvalue weighted by atomic mass is 10.0. The van der Waals surface area contributed by atoms with Gasteiger partial charge in [-0.25, -0.2) is 0 Å². The number of nitrogens with zero attached hydrogens (tertiary/aromatic N) is 2. The van der Waals surface area contributed by atoms with Crippen LogP contribution in [0.1, 0.15) is 49.9 Å². The molecule has 2 amide bonds. The molecule has 1 N–H and O–H groups in total. The van der Waals surface area contributed by atoms with E-state index in [4.69, 9.17) is 4.74 Å². The first-order valence-electron chi connectivity index (χ1n) is 12.6. The highest BCUT2D eigenvalue weighted by Crippen LogP contribution is 2.31. The first-order valence-corrected chi connectivity index (χ1v) is 13.6. The molecule has 0 aliphatic carbocycles. The number of para-hydroxylation sites is 1. The Kier molecular flexibility index (Phi) is 8.74. The van der Waals surface area contributed by atoms with Crippen molar-refractivity contribution >= 4 is 34.5 Å². The molecule has 1 atom stereocenters. The number of aromatic nitrogens is 1. The van der Waals surface area contributed by atoms with Crippen LogP contribution in [0, 0.1) is 0 Å². The van der Waals surface area contributed by atoms with Crippen molar-refractivity contribution in [3.05, 3.63) is 60.3 Å². The van der Waals surface area contributed by atoms with Crippen molar-refractivity contribution < 1.29 is 14.3 Å². The maximum Gasteiger partial charge on any atom is 0.251 e. The number of rotatable bonds is 10. The van der Waals surface area contributed by atoms with Gasteiger partial charge in [0, 0.05) is 53.2 Å². The van der Waals surface area contributed by atoms with Crippen molar-refractivity contribution in [3.8, 4) is 5.75 Å². The van der Waals surface area contributed by atoms with Gasteiger partial charge in [-0.05, 0) is 62.9 Å². The summed E-state index contributed by atoms with van der Waals surface area (Å²) in [5, 5.41) is 4.16. The zero-order valence-corrected chi connectivity index (χ0v) is 21.5. The van der Waals surface area contributed by atoms with Gasteiger partial charge < -0.3 is 19.5 Å². The van der Waals surface area contributed by atoms with Gasteiger partial charge in [0.25, 0.3) is 5.91 Å². The largest absolute Gasteiger partial charge is 0.494 e. The number of benzene rings is 2. The van der Waals surface area contributed by atoms with Gasteiger partial charge in [0.1, 0.15) is 5.75 Å². The number of carbonyl (C=O) groups excluding carboxylic acids is 2. The summed E-state index contributed by atoms with van der Waals surface area (Å²) >= 11 is 1.62. The number of thioether (sulfide) groups is 1. The van der Waals surface area contributed by atoms with E-state index in [1.165, 1.54) is 6.42 Å². The minimum Gasteiger partial charge on any atom is -0.494 e. The van der Waals surface area contributed by atoms with Gasteiger partial charge in [-0.1, -0.05) is 25.1 Å². The number of nitrogens with one attached hydrogen (secondary N) is 1. The first kappa shape index (κ1) is 25.2. The van der Waals surface area contributed by atoms with Crippen LogP contribution < -0.4 is 10.1 Å². The molecule has 1 aliphatic heterocycles. The quantitative estimate of drug-likeness (QED) is 0.387. The third-order valence-electron chi connectivity index (χ3n) is 6.59. The molecular weight excluding hydrogens is 458 g/mol. The fourth-order valence-electron chi connectivity index (χ4n) is 4.75. The fraction of sp³-hybridized carbons (Fsp3) is 0.429. The molecular formula is C28H35N3O3S. The Balaban J connectivity index is 1.37. The lowest BCUT2D eigenvalue weighted by Gasteiger charge is -2.35. The van der Waals surface area contributed by atoms with Crippen LogP contribution in [0.25, 0.3) is 10.9 Å². The Bertz CT molecular complexity index is 1140. The summed E-state index contributed by atoms with van der Waals surface area (Å²) in [5.41, 5.74) is 1.73. The van der Waals surface area contributed by atoms with Crippen LogP contribution in [-0.4, -0.2) is 52.8 Å². The van der Waals surface area contributed by atoms with E-state index in [1.807, 2.05) is 31.2 Å². The Labute approximate surface area is 212 Å². The molecule has 0 bridgehead atoms. The van der Waals surface area contributed by atoms with Crippen LogP contribution in [0.2, 0.25) is 0 Å². The van der Waals surface area contributed by atoms with Gasteiger partial charge in [-0.2, -0.15) is 0 Å². The molecule has 0 saturated carbocycles. The fourth-order valence-corrected chi connectivity index (χ4v) is 5.72. The van der Waals surface area contributed by atoms with Crippen LogP contribution in [-0.2, 0) is 11.3 Å². The molecule has 1 unspecified atom stereocenters. The normalized spacial score (nSPS) is 15.8. The lowest BCUT2D eigenvalue weighted by Crippen LogP contribution is -2.44. The van der Waals surface area contributed by atoms with Gasteiger partial charge in [-0.15, -0.1) is 11.8 Å². The van der Waals surface area contributed by atoms with Crippen molar-refractivity contribution in [2.75, 3.05) is 25.4 Å². The number of hydrogen-bond donors (Lipinski definition) is 1. The predicted octanol–water partition coefficient (Wildman–Crippen LogP) is 5.35. The van der Waals surface area contributed by atoms with E-state index in [1.54, 1.807) is 23.9 Å². The maximum atomic E-state index is 13.0. The van der Waals surface area contributed by atoms with Crippen LogP contribution >= 0.6 is 11.8 Å². The number of amides is 2. The number of fused-ring (bicyclic) bond motifs is 1. The van der Waals surface area contributed by atoms with E-state index in [0.29, 0.717) is 37.1 Å². The zero-order chi connectivity index (χ0) is 24.6. The molecule has 2 aromatic carbocycles. The van der Waals surface area contributed by atoms with Gasteiger partial charge in [0.2, 0.25) is 5.91 Å². The second-order valence-corrected chi connectivity index (χ2v) is 9.87. The summed E-state index contributed by atoms with van der Waals surface area (Å²) in [6.07, 6.45) is 6.58. The molecule has 1 aliphatic rings. The second-order valence-electron chi connectivity index (χ2n) is 8.85. The molecule has 1 fully saturated rings. The smallest absolute Gasteiger partial charge is 0.251 e. The Morgan fingerprint density at radius 2 is 1.89 bits per heavy atom. The summed E-state index contributed by atoms with van der Waals surface area (Å²) < 4.78 is 7.60. The molecule has 4 rings (SSSR count). The van der Waals surface area contributed by atoms with Crippen molar-refractivity contribution in [2.24, 2.45) is 0 Å². The molecule has 1 aromatic heterocycles. The van der Waals surface area contributed by atoms with Crippen LogP contribution in [0.15, 0.2) is 59.6 Å². The summed E-state index contributed by atoms with van der Waals surface area (Å²) in [6.45, 7) is 6.76. The average molecular weight is 494 g/mol.